The van der Waals surface area contributed by atoms with Gasteiger partial charge in [-0.3, -0.25) is 0 Å². The summed E-state index contributed by atoms with van der Waals surface area (Å²) in [5, 5.41) is 0. The quantitative estimate of drug-likeness (QED) is 0.574. The second-order valence-corrected chi connectivity index (χ2v) is 5.15. The van der Waals surface area contributed by atoms with Crippen molar-refractivity contribution >= 4 is 0 Å². The second-order valence-electron chi connectivity index (χ2n) is 5.15. The zero-order valence-corrected chi connectivity index (χ0v) is 12.4. The van der Waals surface area contributed by atoms with Crippen LogP contribution in [0.4, 0.5) is 17.6 Å². The Kier molecular flexibility index (Phi) is 4.51. The lowest BCUT2D eigenvalue weighted by molar-refractivity contribution is 0.290. The standard InChI is InChI=1S/C19H12F4O/c20-16-7-6-14(10-19(16)23)24-11-15-17(21)8-13(9-18(15)22)12-4-2-1-3-5-12/h1-10H,11H2. The highest BCUT2D eigenvalue weighted by Crippen LogP contribution is 2.25. The van der Waals surface area contributed by atoms with Crippen LogP contribution in [-0.2, 0) is 6.61 Å². The first-order valence-electron chi connectivity index (χ1n) is 7.16. The van der Waals surface area contributed by atoms with Crippen LogP contribution in [0.1, 0.15) is 5.56 Å². The minimum atomic E-state index is -1.09. The summed E-state index contributed by atoms with van der Waals surface area (Å²) in [6, 6.07) is 14.1. The Morgan fingerprint density at radius 1 is 0.625 bits per heavy atom. The molecule has 0 fully saturated rings. The van der Waals surface area contributed by atoms with E-state index in [2.05, 4.69) is 0 Å². The van der Waals surface area contributed by atoms with Crippen LogP contribution in [0.3, 0.4) is 0 Å². The van der Waals surface area contributed by atoms with Crippen molar-refractivity contribution in [3.63, 3.8) is 0 Å². The highest BCUT2D eigenvalue weighted by Gasteiger charge is 2.13. The maximum absolute atomic E-state index is 14.2. The fourth-order valence-corrected chi connectivity index (χ4v) is 2.26. The fourth-order valence-electron chi connectivity index (χ4n) is 2.26. The van der Waals surface area contributed by atoms with E-state index in [1.807, 2.05) is 0 Å². The van der Waals surface area contributed by atoms with Crippen LogP contribution in [0.2, 0.25) is 0 Å². The average molecular weight is 332 g/mol. The maximum Gasteiger partial charge on any atom is 0.162 e. The van der Waals surface area contributed by atoms with Gasteiger partial charge >= 0.3 is 0 Å². The highest BCUT2D eigenvalue weighted by molar-refractivity contribution is 5.63. The van der Waals surface area contributed by atoms with E-state index in [0.717, 1.165) is 12.1 Å². The minimum absolute atomic E-state index is 0.0140. The Morgan fingerprint density at radius 2 is 1.29 bits per heavy atom. The first-order chi connectivity index (χ1) is 11.5. The Morgan fingerprint density at radius 3 is 1.92 bits per heavy atom. The first kappa shape index (κ1) is 16.1. The van der Waals surface area contributed by atoms with Crippen molar-refractivity contribution in [2.45, 2.75) is 6.61 Å². The van der Waals surface area contributed by atoms with E-state index in [9.17, 15) is 17.6 Å². The number of hydrogen-bond donors (Lipinski definition) is 0. The van der Waals surface area contributed by atoms with Gasteiger partial charge in [0, 0.05) is 6.07 Å². The van der Waals surface area contributed by atoms with Crippen molar-refractivity contribution in [1.82, 2.24) is 0 Å². The fraction of sp³-hybridized carbons (Fsp3) is 0.0526. The molecule has 122 valence electrons. The Balaban J connectivity index is 1.82. The molecule has 3 rings (SSSR count). The molecule has 0 atom stereocenters. The molecule has 3 aromatic carbocycles. The molecule has 0 aliphatic carbocycles. The van der Waals surface area contributed by atoms with Crippen molar-refractivity contribution in [2.75, 3.05) is 0 Å². The summed E-state index contributed by atoms with van der Waals surface area (Å²) < 4.78 is 59.5. The van der Waals surface area contributed by atoms with Gasteiger partial charge in [0.2, 0.25) is 0 Å². The van der Waals surface area contributed by atoms with E-state index in [-0.39, 0.29) is 11.3 Å². The molecule has 3 aromatic rings. The molecule has 0 saturated heterocycles. The van der Waals surface area contributed by atoms with E-state index in [1.54, 1.807) is 30.3 Å². The molecule has 0 N–H and O–H groups in total. The molecule has 0 saturated carbocycles. The van der Waals surface area contributed by atoms with E-state index in [0.29, 0.717) is 11.1 Å². The first-order valence-corrected chi connectivity index (χ1v) is 7.16. The molecular weight excluding hydrogens is 320 g/mol. The lowest BCUT2D eigenvalue weighted by atomic mass is 10.0. The lowest BCUT2D eigenvalue weighted by Crippen LogP contribution is -2.03. The van der Waals surface area contributed by atoms with Gasteiger partial charge in [-0.15, -0.1) is 0 Å². The molecule has 0 bridgehead atoms. The van der Waals surface area contributed by atoms with Crippen molar-refractivity contribution in [3.05, 3.63) is 89.5 Å². The predicted molar refractivity (Wildman–Crippen MR) is 82.5 cm³/mol. The average Bonchev–Trinajstić information content (AvgIpc) is 2.58. The zero-order valence-electron chi connectivity index (χ0n) is 12.4. The van der Waals surface area contributed by atoms with Crippen molar-refractivity contribution in [2.24, 2.45) is 0 Å². The van der Waals surface area contributed by atoms with Gasteiger partial charge in [0.25, 0.3) is 0 Å². The van der Waals surface area contributed by atoms with Crippen molar-refractivity contribution in [3.8, 4) is 16.9 Å². The van der Waals surface area contributed by atoms with E-state index in [4.69, 9.17) is 4.74 Å². The lowest BCUT2D eigenvalue weighted by Gasteiger charge is -2.10. The number of benzene rings is 3. The van der Waals surface area contributed by atoms with E-state index >= 15 is 0 Å². The molecule has 0 aliphatic heterocycles. The molecule has 0 amide bonds. The van der Waals surface area contributed by atoms with Crippen molar-refractivity contribution < 1.29 is 22.3 Å². The molecule has 5 heteroatoms. The molecule has 0 heterocycles. The number of ether oxygens (including phenoxy) is 1. The molecular formula is C19H12F4O. The van der Waals surface area contributed by atoms with Crippen LogP contribution in [0, 0.1) is 23.3 Å². The molecule has 0 aliphatic rings. The second kappa shape index (κ2) is 6.74. The van der Waals surface area contributed by atoms with Crippen LogP contribution in [0.5, 0.6) is 5.75 Å². The van der Waals surface area contributed by atoms with Crippen LogP contribution in [-0.4, -0.2) is 0 Å². The topological polar surface area (TPSA) is 9.23 Å². The van der Waals surface area contributed by atoms with Crippen molar-refractivity contribution in [1.29, 1.82) is 0 Å². The Labute approximate surface area is 136 Å². The smallest absolute Gasteiger partial charge is 0.162 e. The number of halogens is 4. The van der Waals surface area contributed by atoms with Crippen LogP contribution in [0.25, 0.3) is 11.1 Å². The third kappa shape index (κ3) is 3.40. The Hall–Kier alpha value is -2.82. The molecule has 0 radical (unpaired) electrons. The van der Waals surface area contributed by atoms with Gasteiger partial charge in [-0.05, 0) is 35.4 Å². The van der Waals surface area contributed by atoms with Gasteiger partial charge in [0.1, 0.15) is 24.0 Å². The van der Waals surface area contributed by atoms with Gasteiger partial charge < -0.3 is 4.74 Å². The van der Waals surface area contributed by atoms with Gasteiger partial charge in [-0.25, -0.2) is 17.6 Å². The number of rotatable bonds is 4. The van der Waals surface area contributed by atoms with E-state index < -0.39 is 29.9 Å². The largest absolute Gasteiger partial charge is 0.489 e. The van der Waals surface area contributed by atoms with Gasteiger partial charge in [0.15, 0.2) is 11.6 Å². The summed E-state index contributed by atoms with van der Waals surface area (Å²) in [7, 11) is 0. The summed E-state index contributed by atoms with van der Waals surface area (Å²) in [6.45, 7) is -0.433. The summed E-state index contributed by atoms with van der Waals surface area (Å²) in [6.07, 6.45) is 0. The number of hydrogen-bond acceptors (Lipinski definition) is 1. The van der Waals surface area contributed by atoms with Crippen LogP contribution >= 0.6 is 0 Å². The van der Waals surface area contributed by atoms with Crippen LogP contribution < -0.4 is 4.74 Å². The summed E-state index contributed by atoms with van der Waals surface area (Å²) in [4.78, 5) is 0. The molecule has 0 aromatic heterocycles. The molecule has 0 unspecified atom stereocenters. The highest BCUT2D eigenvalue weighted by atomic mass is 19.2. The molecule has 0 spiro atoms. The Bertz CT molecular complexity index is 839. The molecule has 1 nitrogen and oxygen atoms in total. The van der Waals surface area contributed by atoms with E-state index in [1.165, 1.54) is 18.2 Å². The normalized spacial score (nSPS) is 10.7. The SMILES string of the molecule is Fc1ccc(OCc2c(F)cc(-c3ccccc3)cc2F)cc1F. The zero-order chi connectivity index (χ0) is 17.1. The summed E-state index contributed by atoms with van der Waals surface area (Å²) in [5.74, 6) is -3.66. The maximum atomic E-state index is 14.2. The third-order valence-corrected chi connectivity index (χ3v) is 3.52. The minimum Gasteiger partial charge on any atom is -0.489 e. The van der Waals surface area contributed by atoms with Gasteiger partial charge in [-0.2, -0.15) is 0 Å². The monoisotopic (exact) mass is 332 g/mol. The summed E-state index contributed by atoms with van der Waals surface area (Å²) in [5.41, 5.74) is 0.810. The predicted octanol–water partition coefficient (Wildman–Crippen LogP) is 5.49. The summed E-state index contributed by atoms with van der Waals surface area (Å²) >= 11 is 0. The molecule has 24 heavy (non-hydrogen) atoms. The third-order valence-electron chi connectivity index (χ3n) is 3.52. The van der Waals surface area contributed by atoms with Gasteiger partial charge in [-0.1, -0.05) is 30.3 Å². The van der Waals surface area contributed by atoms with Crippen LogP contribution in [0.15, 0.2) is 60.7 Å². The van der Waals surface area contributed by atoms with Gasteiger partial charge in [0.05, 0.1) is 5.56 Å².